The Kier molecular flexibility index (Phi) is 6.52. The third kappa shape index (κ3) is 4.97. The summed E-state index contributed by atoms with van der Waals surface area (Å²) in [5.41, 5.74) is 2.59. The summed E-state index contributed by atoms with van der Waals surface area (Å²) < 4.78 is 1.18. The molecule has 0 aliphatic carbocycles. The van der Waals surface area contributed by atoms with Gasteiger partial charge in [-0.2, -0.15) is 0 Å². The Labute approximate surface area is 136 Å². The minimum absolute atomic E-state index is 0.308. The van der Waals surface area contributed by atoms with Gasteiger partial charge in [-0.05, 0) is 42.9 Å². The zero-order valence-corrected chi connectivity index (χ0v) is 14.7. The summed E-state index contributed by atoms with van der Waals surface area (Å²) in [5.74, 6) is 0.629. The number of benzene rings is 1. The van der Waals surface area contributed by atoms with Crippen molar-refractivity contribution in [3.63, 3.8) is 0 Å². The van der Waals surface area contributed by atoms with Crippen molar-refractivity contribution in [1.29, 1.82) is 0 Å². The molecule has 4 heteroatoms. The van der Waals surface area contributed by atoms with Gasteiger partial charge in [-0.25, -0.2) is 0 Å². The van der Waals surface area contributed by atoms with E-state index in [1.54, 1.807) is 0 Å². The highest BCUT2D eigenvalue weighted by Gasteiger charge is 2.20. The van der Waals surface area contributed by atoms with Crippen LogP contribution in [0.15, 0.2) is 22.7 Å². The molecule has 1 heterocycles. The molecule has 3 nitrogen and oxygen atoms in total. The lowest BCUT2D eigenvalue weighted by atomic mass is 9.94. The van der Waals surface area contributed by atoms with Crippen molar-refractivity contribution in [1.82, 2.24) is 5.32 Å². The van der Waals surface area contributed by atoms with Crippen LogP contribution in [0.3, 0.4) is 0 Å². The largest absolute Gasteiger partial charge is 0.396 e. The first-order valence-corrected chi connectivity index (χ1v) is 8.77. The minimum Gasteiger partial charge on any atom is -0.396 e. The number of piperidine rings is 1. The Balaban J connectivity index is 2.01. The maximum absolute atomic E-state index is 9.13. The molecule has 1 fully saturated rings. The molecule has 118 valence electrons. The van der Waals surface area contributed by atoms with E-state index in [0.717, 1.165) is 26.1 Å². The highest BCUT2D eigenvalue weighted by molar-refractivity contribution is 9.10. The van der Waals surface area contributed by atoms with Crippen LogP contribution < -0.4 is 10.2 Å². The molecule has 1 saturated heterocycles. The lowest BCUT2D eigenvalue weighted by Crippen LogP contribution is -2.35. The Morgan fingerprint density at radius 2 is 2.24 bits per heavy atom. The highest BCUT2D eigenvalue weighted by Crippen LogP contribution is 2.28. The standard InChI is InChI=1S/C17H27BrN2O/c1-13(2)19-11-15-5-6-16(10-17(15)18)20-8-3-4-14(12-20)7-9-21/h5-6,10,13-14,19,21H,3-4,7-9,11-12H2,1-2H3. The zero-order valence-electron chi connectivity index (χ0n) is 13.1. The number of aliphatic hydroxyl groups is 1. The maximum atomic E-state index is 9.13. The van der Waals surface area contributed by atoms with Gasteiger partial charge in [-0.3, -0.25) is 0 Å². The number of anilines is 1. The lowest BCUT2D eigenvalue weighted by molar-refractivity contribution is 0.244. The van der Waals surface area contributed by atoms with Gasteiger partial charge in [0.15, 0.2) is 0 Å². The average Bonchev–Trinajstić information content (AvgIpc) is 2.46. The van der Waals surface area contributed by atoms with Crippen molar-refractivity contribution in [3.8, 4) is 0 Å². The molecular formula is C17H27BrN2O. The maximum Gasteiger partial charge on any atom is 0.0434 e. The fourth-order valence-corrected chi connectivity index (χ4v) is 3.42. The van der Waals surface area contributed by atoms with E-state index in [1.165, 1.54) is 28.6 Å². The Morgan fingerprint density at radius 1 is 1.43 bits per heavy atom. The van der Waals surface area contributed by atoms with Crippen LogP contribution in [0, 0.1) is 5.92 Å². The molecule has 2 N–H and O–H groups in total. The van der Waals surface area contributed by atoms with Crippen LogP contribution in [0.5, 0.6) is 0 Å². The molecule has 0 amide bonds. The molecule has 2 rings (SSSR count). The van der Waals surface area contributed by atoms with Crippen LogP contribution in [0.1, 0.15) is 38.7 Å². The second-order valence-corrected chi connectivity index (χ2v) is 7.13. The van der Waals surface area contributed by atoms with Gasteiger partial charge in [0, 0.05) is 42.4 Å². The predicted octanol–water partition coefficient (Wildman–Crippen LogP) is 3.55. The lowest BCUT2D eigenvalue weighted by Gasteiger charge is -2.34. The van der Waals surface area contributed by atoms with E-state index >= 15 is 0 Å². The van der Waals surface area contributed by atoms with Crippen LogP contribution >= 0.6 is 15.9 Å². The van der Waals surface area contributed by atoms with E-state index in [-0.39, 0.29) is 0 Å². The van der Waals surface area contributed by atoms with Crippen molar-refractivity contribution in [3.05, 3.63) is 28.2 Å². The number of hydrogen-bond acceptors (Lipinski definition) is 3. The van der Waals surface area contributed by atoms with Crippen molar-refractivity contribution in [2.45, 2.75) is 45.7 Å². The Morgan fingerprint density at radius 3 is 2.90 bits per heavy atom. The number of aliphatic hydroxyl groups excluding tert-OH is 1. The summed E-state index contributed by atoms with van der Waals surface area (Å²) in [6.45, 7) is 7.72. The van der Waals surface area contributed by atoms with Gasteiger partial charge in [0.05, 0.1) is 0 Å². The summed E-state index contributed by atoms with van der Waals surface area (Å²) in [5, 5.41) is 12.6. The van der Waals surface area contributed by atoms with Crippen molar-refractivity contribution >= 4 is 21.6 Å². The van der Waals surface area contributed by atoms with Crippen LogP contribution in [-0.2, 0) is 6.54 Å². The molecule has 1 aliphatic rings. The topological polar surface area (TPSA) is 35.5 Å². The summed E-state index contributed by atoms with van der Waals surface area (Å²) in [7, 11) is 0. The minimum atomic E-state index is 0.308. The summed E-state index contributed by atoms with van der Waals surface area (Å²) in [6, 6.07) is 7.17. The van der Waals surface area contributed by atoms with Crippen LogP contribution in [0.25, 0.3) is 0 Å². The van der Waals surface area contributed by atoms with Crippen LogP contribution in [0.4, 0.5) is 5.69 Å². The van der Waals surface area contributed by atoms with Crippen molar-refractivity contribution in [2.75, 3.05) is 24.6 Å². The molecule has 1 unspecified atom stereocenters. The van der Waals surface area contributed by atoms with Gasteiger partial charge < -0.3 is 15.3 Å². The van der Waals surface area contributed by atoms with Gasteiger partial charge in [-0.15, -0.1) is 0 Å². The zero-order chi connectivity index (χ0) is 15.2. The van der Waals surface area contributed by atoms with Gasteiger partial charge in [-0.1, -0.05) is 35.8 Å². The summed E-state index contributed by atoms with van der Waals surface area (Å²) >= 11 is 3.70. The fourth-order valence-electron chi connectivity index (χ4n) is 2.91. The van der Waals surface area contributed by atoms with Gasteiger partial charge in [0.1, 0.15) is 0 Å². The molecule has 0 radical (unpaired) electrons. The van der Waals surface area contributed by atoms with E-state index in [2.05, 4.69) is 58.2 Å². The smallest absolute Gasteiger partial charge is 0.0434 e. The normalized spacial score (nSPS) is 19.3. The van der Waals surface area contributed by atoms with Crippen LogP contribution in [0.2, 0.25) is 0 Å². The Hall–Kier alpha value is -0.580. The fraction of sp³-hybridized carbons (Fsp3) is 0.647. The van der Waals surface area contributed by atoms with Crippen molar-refractivity contribution < 1.29 is 5.11 Å². The molecule has 1 aromatic rings. The monoisotopic (exact) mass is 354 g/mol. The second-order valence-electron chi connectivity index (χ2n) is 6.28. The van der Waals surface area contributed by atoms with E-state index in [0.29, 0.717) is 18.6 Å². The van der Waals surface area contributed by atoms with Crippen LogP contribution in [-0.4, -0.2) is 30.8 Å². The molecule has 0 spiro atoms. The average molecular weight is 355 g/mol. The first-order valence-electron chi connectivity index (χ1n) is 7.97. The van der Waals surface area contributed by atoms with Gasteiger partial charge >= 0.3 is 0 Å². The molecule has 1 aliphatic heterocycles. The number of hydrogen-bond donors (Lipinski definition) is 2. The quantitative estimate of drug-likeness (QED) is 0.819. The number of halogens is 1. The number of nitrogens with zero attached hydrogens (tertiary/aromatic N) is 1. The predicted molar refractivity (Wildman–Crippen MR) is 92.8 cm³/mol. The summed E-state index contributed by atoms with van der Waals surface area (Å²) in [4.78, 5) is 2.45. The molecule has 1 atom stereocenters. The number of rotatable bonds is 6. The molecule has 0 bridgehead atoms. The van der Waals surface area contributed by atoms with Gasteiger partial charge in [0.25, 0.3) is 0 Å². The first-order chi connectivity index (χ1) is 10.1. The summed E-state index contributed by atoms with van der Waals surface area (Å²) in [6.07, 6.45) is 3.39. The molecule has 21 heavy (non-hydrogen) atoms. The van der Waals surface area contributed by atoms with Crippen molar-refractivity contribution in [2.24, 2.45) is 5.92 Å². The third-order valence-electron chi connectivity index (χ3n) is 4.16. The third-order valence-corrected chi connectivity index (χ3v) is 4.90. The molecular weight excluding hydrogens is 328 g/mol. The Bertz CT molecular complexity index is 448. The van der Waals surface area contributed by atoms with Gasteiger partial charge in [0.2, 0.25) is 0 Å². The SMILES string of the molecule is CC(C)NCc1ccc(N2CCCC(CCO)C2)cc1Br. The molecule has 0 saturated carbocycles. The highest BCUT2D eigenvalue weighted by atomic mass is 79.9. The first kappa shape index (κ1) is 16.8. The second kappa shape index (κ2) is 8.16. The van der Waals surface area contributed by atoms with E-state index in [1.807, 2.05) is 0 Å². The molecule has 0 aromatic heterocycles. The molecule has 1 aromatic carbocycles. The van der Waals surface area contributed by atoms with E-state index < -0.39 is 0 Å². The number of nitrogens with one attached hydrogen (secondary N) is 1. The van der Waals surface area contributed by atoms with E-state index in [4.69, 9.17) is 5.11 Å². The van der Waals surface area contributed by atoms with E-state index in [9.17, 15) is 0 Å².